The van der Waals surface area contributed by atoms with Gasteiger partial charge in [0.25, 0.3) is 0 Å². The Morgan fingerprint density at radius 3 is 2.79 bits per heavy atom. The summed E-state index contributed by atoms with van der Waals surface area (Å²) in [5, 5.41) is 0. The van der Waals surface area contributed by atoms with Crippen molar-refractivity contribution in [3.05, 3.63) is 11.1 Å². The van der Waals surface area contributed by atoms with Gasteiger partial charge >= 0.3 is 0 Å². The molecule has 0 spiro atoms. The lowest BCUT2D eigenvalue weighted by molar-refractivity contribution is -0.108. The normalized spacial score (nSPS) is 23.7. The summed E-state index contributed by atoms with van der Waals surface area (Å²) in [6.07, 6.45) is 5.61. The average Bonchev–Trinajstić information content (AvgIpc) is 2.55. The lowest BCUT2D eigenvalue weighted by atomic mass is 9.85. The minimum Gasteiger partial charge on any atom is -0.303 e. The van der Waals surface area contributed by atoms with Crippen LogP contribution in [0.3, 0.4) is 0 Å². The first kappa shape index (κ1) is 11.2. The molecule has 0 saturated heterocycles. The Morgan fingerprint density at radius 2 is 2.21 bits per heavy atom. The van der Waals surface area contributed by atoms with Crippen LogP contribution in [0, 0.1) is 11.8 Å². The van der Waals surface area contributed by atoms with Gasteiger partial charge in [0.05, 0.1) is 0 Å². The molecular weight excluding hydrogens is 176 g/mol. The summed E-state index contributed by atoms with van der Waals surface area (Å²) in [5.74, 6) is 0.852. The molecule has 14 heavy (non-hydrogen) atoms. The number of carbonyl (C=O) groups excluding carboxylic acids is 2. The highest BCUT2D eigenvalue weighted by Gasteiger charge is 2.27. The fraction of sp³-hybridized carbons (Fsp3) is 0.667. The molecule has 2 nitrogen and oxygen atoms in total. The van der Waals surface area contributed by atoms with Crippen LogP contribution in [0.5, 0.6) is 0 Å². The lowest BCUT2D eigenvalue weighted by Gasteiger charge is -2.19. The fourth-order valence-corrected chi connectivity index (χ4v) is 2.30. The van der Waals surface area contributed by atoms with E-state index in [4.69, 9.17) is 0 Å². The third-order valence-corrected chi connectivity index (χ3v) is 3.28. The maximum Gasteiger partial charge on any atom is 0.146 e. The monoisotopic (exact) mass is 194 g/mol. The van der Waals surface area contributed by atoms with Crippen LogP contribution in [0.25, 0.3) is 0 Å². The van der Waals surface area contributed by atoms with E-state index in [2.05, 4.69) is 6.92 Å². The van der Waals surface area contributed by atoms with E-state index < -0.39 is 0 Å². The summed E-state index contributed by atoms with van der Waals surface area (Å²) in [6.45, 7) is 4.17. The van der Waals surface area contributed by atoms with E-state index in [1.165, 1.54) is 5.57 Å². The minimum absolute atomic E-state index is 0.396. The standard InChI is InChI=1S/C12H18O2/c1-9(4-3-7-13)11-6-5-10(2)12(11)8-14/h7-9,11H,3-6H2,1-2H3/t9-,11-/m0/s1. The maximum atomic E-state index is 10.9. The Kier molecular flexibility index (Phi) is 4.05. The van der Waals surface area contributed by atoms with Gasteiger partial charge in [-0.3, -0.25) is 4.79 Å². The molecule has 0 aromatic heterocycles. The van der Waals surface area contributed by atoms with Gasteiger partial charge in [0.2, 0.25) is 0 Å². The summed E-state index contributed by atoms with van der Waals surface area (Å²) in [6, 6.07) is 0. The Hall–Kier alpha value is -0.920. The fourth-order valence-electron chi connectivity index (χ4n) is 2.30. The van der Waals surface area contributed by atoms with Crippen LogP contribution in [0.2, 0.25) is 0 Å². The Bertz CT molecular complexity index is 253. The van der Waals surface area contributed by atoms with Crippen LogP contribution in [0.4, 0.5) is 0 Å². The predicted molar refractivity (Wildman–Crippen MR) is 56.0 cm³/mol. The maximum absolute atomic E-state index is 10.9. The first-order valence-electron chi connectivity index (χ1n) is 5.29. The van der Waals surface area contributed by atoms with E-state index in [0.717, 1.165) is 37.4 Å². The van der Waals surface area contributed by atoms with Gasteiger partial charge in [-0.25, -0.2) is 0 Å². The van der Waals surface area contributed by atoms with Gasteiger partial charge in [0.15, 0.2) is 0 Å². The predicted octanol–water partition coefficient (Wildman–Crippen LogP) is 2.53. The first-order valence-corrected chi connectivity index (χ1v) is 5.29. The summed E-state index contributed by atoms with van der Waals surface area (Å²) >= 11 is 0. The number of hydrogen-bond donors (Lipinski definition) is 0. The van der Waals surface area contributed by atoms with Crippen molar-refractivity contribution in [3.8, 4) is 0 Å². The summed E-state index contributed by atoms with van der Waals surface area (Å²) < 4.78 is 0. The molecule has 1 rings (SSSR count). The van der Waals surface area contributed by atoms with Gasteiger partial charge in [-0.05, 0) is 43.6 Å². The van der Waals surface area contributed by atoms with Crippen LogP contribution in [-0.2, 0) is 9.59 Å². The van der Waals surface area contributed by atoms with Gasteiger partial charge in [-0.2, -0.15) is 0 Å². The lowest BCUT2D eigenvalue weighted by Crippen LogP contribution is -2.12. The molecule has 0 radical (unpaired) electrons. The van der Waals surface area contributed by atoms with Crippen molar-refractivity contribution in [2.45, 2.75) is 39.5 Å². The number of carbonyl (C=O) groups is 2. The van der Waals surface area contributed by atoms with Crippen LogP contribution in [0.1, 0.15) is 39.5 Å². The molecular formula is C12H18O2. The number of aldehydes is 2. The van der Waals surface area contributed by atoms with Crippen LogP contribution < -0.4 is 0 Å². The third-order valence-electron chi connectivity index (χ3n) is 3.28. The third kappa shape index (κ3) is 2.31. The van der Waals surface area contributed by atoms with Gasteiger partial charge < -0.3 is 4.79 Å². The summed E-state index contributed by atoms with van der Waals surface area (Å²) in [4.78, 5) is 21.1. The molecule has 2 heteroatoms. The Morgan fingerprint density at radius 1 is 1.50 bits per heavy atom. The minimum atomic E-state index is 0.396. The molecule has 2 atom stereocenters. The molecule has 0 heterocycles. The quantitative estimate of drug-likeness (QED) is 0.630. The highest BCUT2D eigenvalue weighted by atomic mass is 16.1. The van der Waals surface area contributed by atoms with E-state index in [1.54, 1.807) is 0 Å². The molecule has 0 aromatic rings. The van der Waals surface area contributed by atoms with E-state index in [1.807, 2.05) is 6.92 Å². The Balaban J connectivity index is 2.60. The highest BCUT2D eigenvalue weighted by Crippen LogP contribution is 2.37. The van der Waals surface area contributed by atoms with Crippen molar-refractivity contribution >= 4 is 12.6 Å². The molecule has 0 aromatic carbocycles. The zero-order chi connectivity index (χ0) is 10.6. The average molecular weight is 194 g/mol. The highest BCUT2D eigenvalue weighted by molar-refractivity contribution is 5.76. The molecule has 1 aliphatic rings. The van der Waals surface area contributed by atoms with Crippen LogP contribution >= 0.6 is 0 Å². The van der Waals surface area contributed by atoms with Crippen LogP contribution in [-0.4, -0.2) is 12.6 Å². The number of hydrogen-bond acceptors (Lipinski definition) is 2. The van der Waals surface area contributed by atoms with Gasteiger partial charge in [-0.1, -0.05) is 12.5 Å². The molecule has 0 unspecified atom stereocenters. The van der Waals surface area contributed by atoms with E-state index in [9.17, 15) is 9.59 Å². The van der Waals surface area contributed by atoms with E-state index in [-0.39, 0.29) is 0 Å². The van der Waals surface area contributed by atoms with Gasteiger partial charge in [0.1, 0.15) is 12.6 Å². The smallest absolute Gasteiger partial charge is 0.146 e. The van der Waals surface area contributed by atoms with Crippen molar-refractivity contribution in [2.75, 3.05) is 0 Å². The van der Waals surface area contributed by atoms with Crippen molar-refractivity contribution in [1.29, 1.82) is 0 Å². The topological polar surface area (TPSA) is 34.1 Å². The number of rotatable bonds is 5. The Labute approximate surface area is 85.4 Å². The molecule has 0 N–H and O–H groups in total. The molecule has 0 fully saturated rings. The van der Waals surface area contributed by atoms with Gasteiger partial charge in [-0.15, -0.1) is 0 Å². The summed E-state index contributed by atoms with van der Waals surface area (Å²) in [5.41, 5.74) is 2.23. The van der Waals surface area contributed by atoms with Gasteiger partial charge in [0, 0.05) is 6.42 Å². The van der Waals surface area contributed by atoms with Crippen molar-refractivity contribution in [2.24, 2.45) is 11.8 Å². The van der Waals surface area contributed by atoms with Crippen molar-refractivity contribution in [1.82, 2.24) is 0 Å². The second-order valence-corrected chi connectivity index (χ2v) is 4.22. The second-order valence-electron chi connectivity index (χ2n) is 4.22. The first-order chi connectivity index (χ1) is 6.70. The zero-order valence-electron chi connectivity index (χ0n) is 8.95. The zero-order valence-corrected chi connectivity index (χ0v) is 8.95. The van der Waals surface area contributed by atoms with E-state index in [0.29, 0.717) is 18.3 Å². The molecule has 0 aliphatic heterocycles. The van der Waals surface area contributed by atoms with Crippen molar-refractivity contribution in [3.63, 3.8) is 0 Å². The molecule has 78 valence electrons. The second kappa shape index (κ2) is 5.08. The summed E-state index contributed by atoms with van der Waals surface area (Å²) in [7, 11) is 0. The molecule has 0 amide bonds. The largest absolute Gasteiger partial charge is 0.303 e. The molecule has 1 aliphatic carbocycles. The van der Waals surface area contributed by atoms with Crippen molar-refractivity contribution < 1.29 is 9.59 Å². The van der Waals surface area contributed by atoms with E-state index >= 15 is 0 Å². The molecule has 0 saturated carbocycles. The van der Waals surface area contributed by atoms with Crippen LogP contribution in [0.15, 0.2) is 11.1 Å². The SMILES string of the molecule is CC1=C(C=O)[C@H]([C@@H](C)CCC=O)CC1. The number of allylic oxidation sites excluding steroid dienone is 2. The molecule has 0 bridgehead atoms.